The van der Waals surface area contributed by atoms with Crippen LogP contribution in [0.5, 0.6) is 5.75 Å². The quantitative estimate of drug-likeness (QED) is 0.893. The number of aliphatic imine (C=N–C) groups is 1. The standard InChI is InChI=1S/C14H19N3O2/c1-18-12-6-3-2-5-10(12)17-11(9-16-14(17)15)13-7-4-8-19-13/h2-3,5-6,11,13H,4,7-9H2,1H3,(H2,15,16). The van der Waals surface area contributed by atoms with Crippen LogP contribution in [0.2, 0.25) is 0 Å². The second-order valence-electron chi connectivity index (χ2n) is 4.86. The molecule has 0 spiro atoms. The number of benzene rings is 1. The molecule has 1 saturated heterocycles. The van der Waals surface area contributed by atoms with Crippen LogP contribution in [0.1, 0.15) is 12.8 Å². The smallest absolute Gasteiger partial charge is 0.196 e. The number of nitrogens with zero attached hydrogens (tertiary/aromatic N) is 2. The Morgan fingerprint density at radius 1 is 1.42 bits per heavy atom. The van der Waals surface area contributed by atoms with Crippen LogP contribution in [0.4, 0.5) is 5.69 Å². The van der Waals surface area contributed by atoms with E-state index in [1.54, 1.807) is 7.11 Å². The van der Waals surface area contributed by atoms with Crippen molar-refractivity contribution in [1.29, 1.82) is 0 Å². The normalized spacial score (nSPS) is 26.6. The maximum Gasteiger partial charge on any atom is 0.196 e. The minimum atomic E-state index is 0.179. The summed E-state index contributed by atoms with van der Waals surface area (Å²) >= 11 is 0. The van der Waals surface area contributed by atoms with Crippen LogP contribution in [-0.2, 0) is 4.74 Å². The van der Waals surface area contributed by atoms with E-state index in [0.717, 1.165) is 30.9 Å². The van der Waals surface area contributed by atoms with Gasteiger partial charge in [-0.05, 0) is 25.0 Å². The highest BCUT2D eigenvalue weighted by molar-refractivity contribution is 5.98. The molecule has 2 unspecified atom stereocenters. The number of guanidine groups is 1. The second kappa shape index (κ2) is 5.09. The van der Waals surface area contributed by atoms with E-state index in [2.05, 4.69) is 9.89 Å². The molecule has 2 N–H and O–H groups in total. The Morgan fingerprint density at radius 3 is 3.00 bits per heavy atom. The molecule has 3 rings (SSSR count). The summed E-state index contributed by atoms with van der Waals surface area (Å²) in [5.74, 6) is 1.36. The topological polar surface area (TPSA) is 60.1 Å². The molecule has 5 heteroatoms. The number of ether oxygens (including phenoxy) is 2. The zero-order valence-corrected chi connectivity index (χ0v) is 11.1. The van der Waals surface area contributed by atoms with E-state index >= 15 is 0 Å². The number of anilines is 1. The van der Waals surface area contributed by atoms with Gasteiger partial charge in [-0.1, -0.05) is 12.1 Å². The van der Waals surface area contributed by atoms with Crippen molar-refractivity contribution in [2.24, 2.45) is 10.7 Å². The molecule has 1 aromatic carbocycles. The summed E-state index contributed by atoms with van der Waals surface area (Å²) < 4.78 is 11.2. The lowest BCUT2D eigenvalue weighted by molar-refractivity contribution is 0.0946. The highest BCUT2D eigenvalue weighted by Crippen LogP contribution is 2.33. The van der Waals surface area contributed by atoms with Crippen molar-refractivity contribution < 1.29 is 9.47 Å². The van der Waals surface area contributed by atoms with Crippen molar-refractivity contribution in [3.05, 3.63) is 24.3 Å². The summed E-state index contributed by atoms with van der Waals surface area (Å²) in [6, 6.07) is 8.06. The van der Waals surface area contributed by atoms with Gasteiger partial charge in [0.15, 0.2) is 5.96 Å². The maximum absolute atomic E-state index is 6.06. The Kier molecular flexibility index (Phi) is 3.29. The minimum Gasteiger partial charge on any atom is -0.495 e. The molecule has 0 aromatic heterocycles. The first kappa shape index (κ1) is 12.3. The molecule has 0 saturated carbocycles. The van der Waals surface area contributed by atoms with E-state index in [-0.39, 0.29) is 12.1 Å². The summed E-state index contributed by atoms with van der Waals surface area (Å²) in [4.78, 5) is 6.43. The van der Waals surface area contributed by atoms with E-state index in [9.17, 15) is 0 Å². The van der Waals surface area contributed by atoms with E-state index in [1.165, 1.54) is 0 Å². The maximum atomic E-state index is 6.06. The summed E-state index contributed by atoms with van der Waals surface area (Å²) in [6.07, 6.45) is 2.38. The van der Waals surface area contributed by atoms with Crippen molar-refractivity contribution in [3.63, 3.8) is 0 Å². The summed E-state index contributed by atoms with van der Waals surface area (Å²) in [7, 11) is 1.67. The fraction of sp³-hybridized carbons (Fsp3) is 0.500. The van der Waals surface area contributed by atoms with Crippen LogP contribution in [0.3, 0.4) is 0 Å². The van der Waals surface area contributed by atoms with Gasteiger partial charge in [0.05, 0.1) is 31.5 Å². The zero-order chi connectivity index (χ0) is 13.2. The monoisotopic (exact) mass is 261 g/mol. The minimum absolute atomic E-state index is 0.179. The van der Waals surface area contributed by atoms with Gasteiger partial charge in [0.1, 0.15) is 5.75 Å². The van der Waals surface area contributed by atoms with Crippen molar-refractivity contribution in [2.75, 3.05) is 25.2 Å². The van der Waals surface area contributed by atoms with Gasteiger partial charge >= 0.3 is 0 Å². The van der Waals surface area contributed by atoms with Gasteiger partial charge in [0.2, 0.25) is 0 Å². The molecule has 5 nitrogen and oxygen atoms in total. The average Bonchev–Trinajstić information content (AvgIpc) is 3.07. The van der Waals surface area contributed by atoms with Crippen molar-refractivity contribution >= 4 is 11.6 Å². The molecule has 19 heavy (non-hydrogen) atoms. The number of para-hydroxylation sites is 2. The van der Waals surface area contributed by atoms with Gasteiger partial charge in [-0.25, -0.2) is 0 Å². The van der Waals surface area contributed by atoms with Crippen LogP contribution < -0.4 is 15.4 Å². The Bertz CT molecular complexity index is 483. The molecule has 2 aliphatic rings. The highest BCUT2D eigenvalue weighted by atomic mass is 16.5. The molecule has 1 aromatic rings. The van der Waals surface area contributed by atoms with Crippen LogP contribution >= 0.6 is 0 Å². The average molecular weight is 261 g/mol. The fourth-order valence-corrected chi connectivity index (χ4v) is 2.84. The Morgan fingerprint density at radius 2 is 2.26 bits per heavy atom. The molecular formula is C14H19N3O2. The van der Waals surface area contributed by atoms with Gasteiger partial charge < -0.3 is 20.1 Å². The number of hydrogen-bond donors (Lipinski definition) is 1. The fourth-order valence-electron chi connectivity index (χ4n) is 2.84. The molecule has 2 heterocycles. The lowest BCUT2D eigenvalue weighted by Crippen LogP contribution is -2.47. The van der Waals surface area contributed by atoms with Gasteiger partial charge in [0.25, 0.3) is 0 Å². The molecule has 102 valence electrons. The molecule has 0 amide bonds. The molecular weight excluding hydrogens is 242 g/mol. The first-order valence-corrected chi connectivity index (χ1v) is 6.65. The third-order valence-electron chi connectivity index (χ3n) is 3.76. The molecule has 0 radical (unpaired) electrons. The van der Waals surface area contributed by atoms with Crippen LogP contribution in [0, 0.1) is 0 Å². The van der Waals surface area contributed by atoms with E-state index in [0.29, 0.717) is 12.5 Å². The lowest BCUT2D eigenvalue weighted by atomic mass is 10.1. The number of hydrogen-bond acceptors (Lipinski definition) is 5. The first-order chi connectivity index (χ1) is 9.31. The molecule has 0 bridgehead atoms. The lowest BCUT2D eigenvalue weighted by Gasteiger charge is -2.30. The van der Waals surface area contributed by atoms with Crippen LogP contribution in [0.15, 0.2) is 29.3 Å². The second-order valence-corrected chi connectivity index (χ2v) is 4.86. The number of nitrogens with two attached hydrogens (primary N) is 1. The van der Waals surface area contributed by atoms with Gasteiger partial charge in [-0.3, -0.25) is 4.99 Å². The summed E-state index contributed by atoms with van der Waals surface area (Å²) in [5.41, 5.74) is 7.02. The van der Waals surface area contributed by atoms with Gasteiger partial charge in [-0.15, -0.1) is 0 Å². The Hall–Kier alpha value is -1.75. The van der Waals surface area contributed by atoms with Crippen LogP contribution in [0.25, 0.3) is 0 Å². The Labute approximate surface area is 113 Å². The van der Waals surface area contributed by atoms with Gasteiger partial charge in [0, 0.05) is 6.61 Å². The number of rotatable bonds is 3. The highest BCUT2D eigenvalue weighted by Gasteiger charge is 2.37. The van der Waals surface area contributed by atoms with Gasteiger partial charge in [-0.2, -0.15) is 0 Å². The molecule has 2 atom stereocenters. The Balaban J connectivity index is 1.93. The van der Waals surface area contributed by atoms with E-state index in [1.807, 2.05) is 24.3 Å². The molecule has 2 aliphatic heterocycles. The third-order valence-corrected chi connectivity index (χ3v) is 3.76. The van der Waals surface area contributed by atoms with Crippen molar-refractivity contribution in [1.82, 2.24) is 0 Å². The first-order valence-electron chi connectivity index (χ1n) is 6.65. The van der Waals surface area contributed by atoms with Crippen LogP contribution in [-0.4, -0.2) is 38.4 Å². The third kappa shape index (κ3) is 2.14. The molecule has 1 fully saturated rings. The van der Waals surface area contributed by atoms with E-state index in [4.69, 9.17) is 15.2 Å². The molecule has 0 aliphatic carbocycles. The largest absolute Gasteiger partial charge is 0.495 e. The van der Waals surface area contributed by atoms with Crippen molar-refractivity contribution in [3.8, 4) is 5.75 Å². The SMILES string of the molecule is COc1ccccc1N1C(N)=NCC1C1CCCO1. The predicted molar refractivity (Wildman–Crippen MR) is 74.7 cm³/mol. The number of methoxy groups -OCH3 is 1. The summed E-state index contributed by atoms with van der Waals surface area (Å²) in [5, 5.41) is 0. The predicted octanol–water partition coefficient (Wildman–Crippen LogP) is 1.38. The van der Waals surface area contributed by atoms with E-state index < -0.39 is 0 Å². The zero-order valence-electron chi connectivity index (χ0n) is 11.1. The summed E-state index contributed by atoms with van der Waals surface area (Å²) in [6.45, 7) is 1.52. The van der Waals surface area contributed by atoms with Crippen molar-refractivity contribution in [2.45, 2.75) is 25.0 Å².